The van der Waals surface area contributed by atoms with Crippen molar-refractivity contribution in [2.75, 3.05) is 31.1 Å². The molecule has 0 radical (unpaired) electrons. The molecule has 1 saturated heterocycles. The topological polar surface area (TPSA) is 35.6 Å². The molecule has 104 valence electrons. The first-order valence-electron chi connectivity index (χ1n) is 5.89. The summed E-state index contributed by atoms with van der Waals surface area (Å²) in [5.74, 6) is 0. The number of nitrogens with zero attached hydrogens (tertiary/aromatic N) is 2. The van der Waals surface area contributed by atoms with Gasteiger partial charge in [0.1, 0.15) is 0 Å². The second-order valence-electron chi connectivity index (χ2n) is 4.24. The van der Waals surface area contributed by atoms with Crippen molar-refractivity contribution in [3.63, 3.8) is 0 Å². The molecule has 19 heavy (non-hydrogen) atoms. The van der Waals surface area contributed by atoms with E-state index in [-0.39, 0.29) is 13.1 Å². The number of halogens is 3. The van der Waals surface area contributed by atoms with Crippen LogP contribution in [-0.4, -0.2) is 43.4 Å². The number of hydrogen-bond donors (Lipinski definition) is 1. The molecule has 7 heteroatoms. The molecule has 0 saturated carbocycles. The minimum absolute atomic E-state index is 0.275. The van der Waals surface area contributed by atoms with Crippen LogP contribution < -0.4 is 10.2 Å². The third-order valence-corrected chi connectivity index (χ3v) is 2.94. The number of piperazine rings is 1. The van der Waals surface area contributed by atoms with Gasteiger partial charge >= 0.3 is 12.3 Å². The molecule has 1 aliphatic rings. The van der Waals surface area contributed by atoms with Crippen molar-refractivity contribution in [3.05, 3.63) is 30.3 Å². The quantitative estimate of drug-likeness (QED) is 0.795. The Morgan fingerprint density at radius 2 is 1.63 bits per heavy atom. The number of alkyl halides is 3. The lowest BCUT2D eigenvalue weighted by atomic mass is 10.2. The van der Waals surface area contributed by atoms with Gasteiger partial charge in [-0.3, -0.25) is 0 Å². The van der Waals surface area contributed by atoms with Crippen molar-refractivity contribution in [3.8, 4) is 0 Å². The second-order valence-corrected chi connectivity index (χ2v) is 4.24. The summed E-state index contributed by atoms with van der Waals surface area (Å²) in [5, 5.41) is 1.01. The van der Waals surface area contributed by atoms with Gasteiger partial charge in [0, 0.05) is 31.9 Å². The average Bonchev–Trinajstić information content (AvgIpc) is 2.38. The molecule has 4 nitrogen and oxygen atoms in total. The molecule has 2 rings (SSSR count). The number of amides is 2. The van der Waals surface area contributed by atoms with Crippen LogP contribution in [-0.2, 0) is 0 Å². The summed E-state index contributed by atoms with van der Waals surface area (Å²) in [6.45, 7) is 1.60. The van der Waals surface area contributed by atoms with Crippen molar-refractivity contribution < 1.29 is 18.0 Å². The molecule has 1 aliphatic heterocycles. The number of nitrogens with one attached hydrogen (secondary N) is 1. The molecule has 1 N–H and O–H groups in total. The minimum Gasteiger partial charge on any atom is -0.368 e. The zero-order chi connectivity index (χ0) is 13.9. The zero-order valence-corrected chi connectivity index (χ0v) is 10.2. The molecule has 0 unspecified atom stereocenters. The summed E-state index contributed by atoms with van der Waals surface area (Å²) in [6, 6.07) is 8.49. The van der Waals surface area contributed by atoms with Crippen molar-refractivity contribution in [2.24, 2.45) is 0 Å². The van der Waals surface area contributed by atoms with Gasteiger partial charge in [-0.2, -0.15) is 13.2 Å². The van der Waals surface area contributed by atoms with Crippen LogP contribution in [0.2, 0.25) is 0 Å². The zero-order valence-electron chi connectivity index (χ0n) is 10.2. The van der Waals surface area contributed by atoms with Gasteiger partial charge in [0.15, 0.2) is 0 Å². The van der Waals surface area contributed by atoms with E-state index in [9.17, 15) is 18.0 Å². The number of rotatable bonds is 1. The Kier molecular flexibility index (Phi) is 3.82. The van der Waals surface area contributed by atoms with E-state index in [1.807, 2.05) is 35.2 Å². The summed E-state index contributed by atoms with van der Waals surface area (Å²) in [5.41, 5.74) is 1.01. The Bertz CT molecular complexity index is 428. The number of carbonyl (C=O) groups is 1. The highest BCUT2D eigenvalue weighted by atomic mass is 19.4. The van der Waals surface area contributed by atoms with Crippen molar-refractivity contribution in [2.45, 2.75) is 6.30 Å². The maximum absolute atomic E-state index is 12.0. The Morgan fingerprint density at radius 3 is 2.16 bits per heavy atom. The van der Waals surface area contributed by atoms with Crippen LogP contribution in [0.15, 0.2) is 30.3 Å². The van der Waals surface area contributed by atoms with Crippen LogP contribution in [0.3, 0.4) is 0 Å². The summed E-state index contributed by atoms with van der Waals surface area (Å²) in [4.78, 5) is 14.5. The summed E-state index contributed by atoms with van der Waals surface area (Å²) in [6.07, 6.45) is -4.67. The van der Waals surface area contributed by atoms with Crippen LogP contribution >= 0.6 is 0 Å². The summed E-state index contributed by atoms with van der Waals surface area (Å²) in [7, 11) is 0. The number of hydrogen-bond acceptors (Lipinski definition) is 2. The van der Waals surface area contributed by atoms with E-state index < -0.39 is 12.3 Å². The standard InChI is InChI=1S/C12H14F3N3O/c13-12(14,15)16-11(19)18-8-6-17(7-9-18)10-4-2-1-3-5-10/h1-5H,6-9H2,(H,16,19). The molecular formula is C12H14F3N3O. The van der Waals surface area contributed by atoms with E-state index in [0.717, 1.165) is 11.0 Å². The van der Waals surface area contributed by atoms with Crippen LogP contribution in [0.25, 0.3) is 0 Å². The van der Waals surface area contributed by atoms with Gasteiger partial charge in [-0.05, 0) is 12.1 Å². The summed E-state index contributed by atoms with van der Waals surface area (Å²) < 4.78 is 36.1. The van der Waals surface area contributed by atoms with E-state index in [2.05, 4.69) is 0 Å². The lowest BCUT2D eigenvalue weighted by Gasteiger charge is -2.36. The van der Waals surface area contributed by atoms with Crippen molar-refractivity contribution in [1.82, 2.24) is 10.2 Å². The highest BCUT2D eigenvalue weighted by molar-refractivity contribution is 5.74. The first-order valence-corrected chi connectivity index (χ1v) is 5.89. The third-order valence-electron chi connectivity index (χ3n) is 2.94. The van der Waals surface area contributed by atoms with E-state index in [0.29, 0.717) is 13.1 Å². The second kappa shape index (κ2) is 5.38. The van der Waals surface area contributed by atoms with Gasteiger partial charge in [-0.1, -0.05) is 18.2 Å². The first kappa shape index (κ1) is 13.5. The van der Waals surface area contributed by atoms with Crippen LogP contribution in [0.1, 0.15) is 0 Å². The minimum atomic E-state index is -4.67. The first-order chi connectivity index (χ1) is 8.96. The predicted molar refractivity (Wildman–Crippen MR) is 64.8 cm³/mol. The smallest absolute Gasteiger partial charge is 0.368 e. The molecule has 0 spiro atoms. The van der Waals surface area contributed by atoms with Crippen LogP contribution in [0.5, 0.6) is 0 Å². The molecule has 0 aromatic heterocycles. The third kappa shape index (κ3) is 3.77. The fraction of sp³-hybridized carbons (Fsp3) is 0.417. The number of carbonyl (C=O) groups excluding carboxylic acids is 1. The van der Waals surface area contributed by atoms with Gasteiger partial charge in [-0.25, -0.2) is 10.1 Å². The Labute approximate surface area is 108 Å². The highest BCUT2D eigenvalue weighted by Crippen LogP contribution is 2.16. The van der Waals surface area contributed by atoms with Crippen molar-refractivity contribution in [1.29, 1.82) is 0 Å². The van der Waals surface area contributed by atoms with Crippen LogP contribution in [0.4, 0.5) is 23.7 Å². The molecule has 1 fully saturated rings. The predicted octanol–water partition coefficient (Wildman–Crippen LogP) is 2.04. The maximum Gasteiger partial charge on any atom is 0.485 e. The number of para-hydroxylation sites is 1. The normalized spacial score (nSPS) is 16.4. The molecule has 0 aliphatic carbocycles. The van der Waals surface area contributed by atoms with Crippen LogP contribution in [0, 0.1) is 0 Å². The van der Waals surface area contributed by atoms with Gasteiger partial charge < -0.3 is 9.80 Å². The Balaban J connectivity index is 1.88. The molecule has 1 aromatic rings. The average molecular weight is 273 g/mol. The van der Waals surface area contributed by atoms with E-state index in [1.54, 1.807) is 0 Å². The lowest BCUT2D eigenvalue weighted by molar-refractivity contribution is -0.147. The molecule has 2 amide bonds. The fourth-order valence-corrected chi connectivity index (χ4v) is 2.01. The highest BCUT2D eigenvalue weighted by Gasteiger charge is 2.33. The summed E-state index contributed by atoms with van der Waals surface area (Å²) >= 11 is 0. The maximum atomic E-state index is 12.0. The number of anilines is 1. The monoisotopic (exact) mass is 273 g/mol. The molecule has 0 bridgehead atoms. The van der Waals surface area contributed by atoms with Gasteiger partial charge in [0.05, 0.1) is 0 Å². The van der Waals surface area contributed by atoms with Gasteiger partial charge in [0.2, 0.25) is 0 Å². The molecular weight excluding hydrogens is 259 g/mol. The lowest BCUT2D eigenvalue weighted by Crippen LogP contribution is -2.54. The number of urea groups is 1. The van der Waals surface area contributed by atoms with E-state index in [1.165, 1.54) is 4.90 Å². The van der Waals surface area contributed by atoms with E-state index >= 15 is 0 Å². The SMILES string of the molecule is O=C(NC(F)(F)F)N1CCN(c2ccccc2)CC1. The fourth-order valence-electron chi connectivity index (χ4n) is 2.01. The Morgan fingerprint density at radius 1 is 1.05 bits per heavy atom. The molecule has 1 aromatic carbocycles. The van der Waals surface area contributed by atoms with Gasteiger partial charge in [-0.15, -0.1) is 0 Å². The number of benzene rings is 1. The molecule has 1 heterocycles. The molecule has 0 atom stereocenters. The Hall–Kier alpha value is -1.92. The van der Waals surface area contributed by atoms with Gasteiger partial charge in [0.25, 0.3) is 0 Å². The van der Waals surface area contributed by atoms with Crippen molar-refractivity contribution >= 4 is 11.7 Å². The largest absolute Gasteiger partial charge is 0.485 e. The van der Waals surface area contributed by atoms with E-state index in [4.69, 9.17) is 0 Å².